The van der Waals surface area contributed by atoms with Gasteiger partial charge in [-0.25, -0.2) is 4.98 Å². The lowest BCUT2D eigenvalue weighted by Gasteiger charge is -2.31. The average molecular weight is 277 g/mol. The highest BCUT2D eigenvalue weighted by molar-refractivity contribution is 7.21. The number of nitrogens with zero attached hydrogens (tertiary/aromatic N) is 1. The van der Waals surface area contributed by atoms with Gasteiger partial charge in [-0.1, -0.05) is 0 Å². The van der Waals surface area contributed by atoms with Crippen molar-refractivity contribution in [1.29, 1.82) is 0 Å². The number of aliphatic hydroxyl groups excluding tert-OH is 1. The lowest BCUT2D eigenvalue weighted by Crippen LogP contribution is -2.46. The fourth-order valence-corrected chi connectivity index (χ4v) is 3.26. The van der Waals surface area contributed by atoms with Crippen molar-refractivity contribution in [2.24, 2.45) is 0 Å². The van der Waals surface area contributed by atoms with E-state index in [0.29, 0.717) is 23.4 Å². The van der Waals surface area contributed by atoms with E-state index in [4.69, 9.17) is 5.73 Å². The summed E-state index contributed by atoms with van der Waals surface area (Å²) in [5.74, 6) is -0.171. The second-order valence-electron chi connectivity index (χ2n) is 4.95. The van der Waals surface area contributed by atoms with Crippen LogP contribution in [0.25, 0.3) is 10.2 Å². The number of hydrogen-bond acceptors (Lipinski definition) is 5. The fraction of sp³-hybridized carbons (Fsp3) is 0.385. The second-order valence-corrected chi connectivity index (χ2v) is 5.94. The predicted molar refractivity (Wildman–Crippen MR) is 75.3 cm³/mol. The number of aromatic nitrogens is 1. The highest BCUT2D eigenvalue weighted by Crippen LogP contribution is 2.33. The number of anilines is 1. The van der Waals surface area contributed by atoms with Crippen molar-refractivity contribution in [2.75, 3.05) is 5.73 Å². The Bertz CT molecular complexity index is 647. The number of nitrogen functional groups attached to an aromatic ring is 1. The van der Waals surface area contributed by atoms with Crippen molar-refractivity contribution >= 4 is 33.1 Å². The van der Waals surface area contributed by atoms with Gasteiger partial charge in [-0.05, 0) is 31.9 Å². The SMILES string of the molecule is Cc1ccc2c(N)c(C(=O)NC3CC(O)C3)sc2n1. The fourth-order valence-electron chi connectivity index (χ4n) is 2.21. The zero-order valence-corrected chi connectivity index (χ0v) is 11.3. The van der Waals surface area contributed by atoms with E-state index in [0.717, 1.165) is 15.9 Å². The molecular weight excluding hydrogens is 262 g/mol. The molecule has 3 rings (SSSR count). The minimum Gasteiger partial charge on any atom is -0.397 e. The molecule has 1 fully saturated rings. The largest absolute Gasteiger partial charge is 0.397 e. The standard InChI is InChI=1S/C13H15N3O2S/c1-6-2-3-9-10(14)11(19-13(9)15-6)12(18)16-7-4-8(17)5-7/h2-3,7-8,17H,4-5,14H2,1H3,(H,16,18). The number of thiophene rings is 1. The van der Waals surface area contributed by atoms with Gasteiger partial charge in [0.1, 0.15) is 9.71 Å². The highest BCUT2D eigenvalue weighted by atomic mass is 32.1. The molecular formula is C13H15N3O2S. The summed E-state index contributed by atoms with van der Waals surface area (Å²) in [6.07, 6.45) is 0.955. The zero-order valence-electron chi connectivity index (χ0n) is 10.5. The zero-order chi connectivity index (χ0) is 13.6. The maximum atomic E-state index is 12.1. The average Bonchev–Trinajstić information content (AvgIpc) is 2.64. The van der Waals surface area contributed by atoms with Gasteiger partial charge >= 0.3 is 0 Å². The summed E-state index contributed by atoms with van der Waals surface area (Å²) in [5, 5.41) is 12.9. The number of nitrogens with one attached hydrogen (secondary N) is 1. The molecule has 0 radical (unpaired) electrons. The Morgan fingerprint density at radius 3 is 2.95 bits per heavy atom. The van der Waals surface area contributed by atoms with E-state index in [2.05, 4.69) is 10.3 Å². The third-order valence-electron chi connectivity index (χ3n) is 3.39. The molecule has 0 aliphatic heterocycles. The molecule has 0 atom stereocenters. The van der Waals surface area contributed by atoms with Crippen LogP contribution in [-0.4, -0.2) is 28.1 Å². The summed E-state index contributed by atoms with van der Waals surface area (Å²) >= 11 is 1.31. The third kappa shape index (κ3) is 2.17. The van der Waals surface area contributed by atoms with Crippen LogP contribution in [0.15, 0.2) is 12.1 Å². The Morgan fingerprint density at radius 1 is 1.53 bits per heavy atom. The Balaban J connectivity index is 1.87. The van der Waals surface area contributed by atoms with Crippen LogP contribution in [0.3, 0.4) is 0 Å². The van der Waals surface area contributed by atoms with Crippen molar-refractivity contribution in [3.05, 3.63) is 22.7 Å². The molecule has 4 N–H and O–H groups in total. The summed E-state index contributed by atoms with van der Waals surface area (Å²) in [4.78, 5) is 17.8. The maximum absolute atomic E-state index is 12.1. The van der Waals surface area contributed by atoms with Gasteiger partial charge in [0.2, 0.25) is 0 Å². The van der Waals surface area contributed by atoms with Crippen LogP contribution in [0.4, 0.5) is 5.69 Å². The summed E-state index contributed by atoms with van der Waals surface area (Å²) in [5.41, 5.74) is 7.41. The summed E-state index contributed by atoms with van der Waals surface area (Å²) in [6, 6.07) is 3.84. The lowest BCUT2D eigenvalue weighted by molar-refractivity contribution is 0.0565. The Hall–Kier alpha value is -1.66. The summed E-state index contributed by atoms with van der Waals surface area (Å²) < 4.78 is 0. The van der Waals surface area contributed by atoms with Gasteiger partial charge in [-0.3, -0.25) is 4.79 Å². The van der Waals surface area contributed by atoms with E-state index < -0.39 is 0 Å². The van der Waals surface area contributed by atoms with E-state index in [1.54, 1.807) is 0 Å². The monoisotopic (exact) mass is 277 g/mol. The molecule has 6 heteroatoms. The third-order valence-corrected chi connectivity index (χ3v) is 4.50. The maximum Gasteiger partial charge on any atom is 0.263 e. The summed E-state index contributed by atoms with van der Waals surface area (Å²) in [6.45, 7) is 1.91. The minimum atomic E-state index is -0.283. The molecule has 1 amide bonds. The number of pyridine rings is 1. The lowest BCUT2D eigenvalue weighted by atomic mass is 9.89. The van der Waals surface area contributed by atoms with E-state index in [-0.39, 0.29) is 18.1 Å². The van der Waals surface area contributed by atoms with Crippen molar-refractivity contribution < 1.29 is 9.90 Å². The predicted octanol–water partition coefficient (Wildman–Crippen LogP) is 1.44. The van der Waals surface area contributed by atoms with E-state index in [1.165, 1.54) is 11.3 Å². The van der Waals surface area contributed by atoms with Gasteiger partial charge in [0.15, 0.2) is 0 Å². The van der Waals surface area contributed by atoms with Crippen LogP contribution in [-0.2, 0) is 0 Å². The topological polar surface area (TPSA) is 88.2 Å². The van der Waals surface area contributed by atoms with Crippen molar-refractivity contribution in [1.82, 2.24) is 10.3 Å². The van der Waals surface area contributed by atoms with Gasteiger partial charge in [-0.2, -0.15) is 0 Å². The van der Waals surface area contributed by atoms with Gasteiger partial charge in [0, 0.05) is 17.1 Å². The van der Waals surface area contributed by atoms with Crippen LogP contribution in [0, 0.1) is 6.92 Å². The molecule has 1 aliphatic rings. The normalized spacial score (nSPS) is 22.2. The van der Waals surface area contributed by atoms with Crippen LogP contribution in [0.1, 0.15) is 28.2 Å². The molecule has 2 heterocycles. The molecule has 1 aliphatic carbocycles. The van der Waals surface area contributed by atoms with Crippen molar-refractivity contribution in [3.63, 3.8) is 0 Å². The minimum absolute atomic E-state index is 0.0572. The molecule has 0 unspecified atom stereocenters. The molecule has 5 nitrogen and oxygen atoms in total. The molecule has 100 valence electrons. The smallest absolute Gasteiger partial charge is 0.263 e. The van der Waals surface area contributed by atoms with E-state index in [9.17, 15) is 9.90 Å². The first-order valence-corrected chi connectivity index (χ1v) is 7.01. The number of carbonyl (C=O) groups is 1. The molecule has 0 spiro atoms. The highest BCUT2D eigenvalue weighted by Gasteiger charge is 2.29. The summed E-state index contributed by atoms with van der Waals surface area (Å²) in [7, 11) is 0. The number of nitrogens with two attached hydrogens (primary N) is 1. The van der Waals surface area contributed by atoms with E-state index >= 15 is 0 Å². The Labute approximate surface area is 114 Å². The Morgan fingerprint density at radius 2 is 2.26 bits per heavy atom. The molecule has 1 saturated carbocycles. The van der Waals surface area contributed by atoms with Crippen LogP contribution in [0.5, 0.6) is 0 Å². The first-order chi connectivity index (χ1) is 9.04. The van der Waals surface area contributed by atoms with Crippen molar-refractivity contribution in [2.45, 2.75) is 31.9 Å². The number of hydrogen-bond donors (Lipinski definition) is 3. The molecule has 2 aromatic heterocycles. The van der Waals surface area contributed by atoms with Gasteiger partial charge in [0.05, 0.1) is 11.8 Å². The Kier molecular flexibility index (Phi) is 2.91. The molecule has 0 saturated heterocycles. The van der Waals surface area contributed by atoms with Gasteiger partial charge in [-0.15, -0.1) is 11.3 Å². The number of amides is 1. The van der Waals surface area contributed by atoms with Crippen molar-refractivity contribution in [3.8, 4) is 0 Å². The van der Waals surface area contributed by atoms with Crippen LogP contribution < -0.4 is 11.1 Å². The molecule has 0 bridgehead atoms. The number of carbonyl (C=O) groups excluding carboxylic acids is 1. The van der Waals surface area contributed by atoms with E-state index in [1.807, 2.05) is 19.1 Å². The van der Waals surface area contributed by atoms with Crippen LogP contribution >= 0.6 is 11.3 Å². The number of aliphatic hydroxyl groups is 1. The first-order valence-electron chi connectivity index (χ1n) is 6.19. The molecule has 0 aromatic carbocycles. The van der Waals surface area contributed by atoms with Crippen LogP contribution in [0.2, 0.25) is 0 Å². The van der Waals surface area contributed by atoms with Gasteiger partial charge < -0.3 is 16.2 Å². The molecule has 2 aromatic rings. The second kappa shape index (κ2) is 4.47. The number of aryl methyl sites for hydroxylation is 1. The molecule has 19 heavy (non-hydrogen) atoms. The van der Waals surface area contributed by atoms with Gasteiger partial charge in [0.25, 0.3) is 5.91 Å². The quantitative estimate of drug-likeness (QED) is 0.775. The number of fused-ring (bicyclic) bond motifs is 1. The first kappa shape index (κ1) is 12.4. The number of rotatable bonds is 2.